The van der Waals surface area contributed by atoms with Gasteiger partial charge in [-0.1, -0.05) is 24.6 Å². The molecule has 0 aliphatic heterocycles. The van der Waals surface area contributed by atoms with Gasteiger partial charge in [0, 0.05) is 17.9 Å². The number of rotatable bonds is 3. The minimum Gasteiger partial charge on any atom is -0.348 e. The predicted octanol–water partition coefficient (Wildman–Crippen LogP) is 4.39. The number of hydrogen-bond acceptors (Lipinski definition) is 2. The number of para-hydroxylation sites is 1. The van der Waals surface area contributed by atoms with Crippen molar-refractivity contribution < 1.29 is 18.0 Å². The third kappa shape index (κ3) is 3.95. The van der Waals surface area contributed by atoms with Gasteiger partial charge in [0.05, 0.1) is 5.92 Å². The van der Waals surface area contributed by atoms with Gasteiger partial charge < -0.3 is 10.3 Å². The Kier molecular flexibility index (Phi) is 4.99. The molecule has 0 spiro atoms. The fourth-order valence-corrected chi connectivity index (χ4v) is 3.51. The lowest BCUT2D eigenvalue weighted by atomic mass is 9.85. The molecule has 1 aliphatic carbocycles. The predicted molar refractivity (Wildman–Crippen MR) is 90.2 cm³/mol. The molecule has 1 heterocycles. The standard InChI is InChI=1S/C17H18F3N3OS/c18-17(19,20)11-5-4-6-12(9-11)22-15(24)14-10-21-16(25)23(14)13-7-2-1-3-8-13/h1-3,7-8,10-12H,4-6,9H2,(H,21,25)(H,22,24)/t11-,12+/m0/s1. The Morgan fingerprint density at radius 1 is 1.24 bits per heavy atom. The summed E-state index contributed by atoms with van der Waals surface area (Å²) in [6, 6.07) is 8.61. The Bertz CT molecular complexity index is 797. The van der Waals surface area contributed by atoms with Crippen LogP contribution in [0, 0.1) is 10.7 Å². The molecular weight excluding hydrogens is 351 g/mol. The van der Waals surface area contributed by atoms with Crippen LogP contribution in [0.15, 0.2) is 36.5 Å². The average Bonchev–Trinajstić information content (AvgIpc) is 2.97. The molecule has 4 nitrogen and oxygen atoms in total. The zero-order chi connectivity index (χ0) is 18.0. The average molecular weight is 369 g/mol. The van der Waals surface area contributed by atoms with E-state index in [1.807, 2.05) is 18.2 Å². The van der Waals surface area contributed by atoms with Crippen LogP contribution in [0.5, 0.6) is 0 Å². The molecule has 0 bridgehead atoms. The number of H-pyrrole nitrogens is 1. The van der Waals surface area contributed by atoms with Crippen LogP contribution in [0.25, 0.3) is 5.69 Å². The lowest BCUT2D eigenvalue weighted by Gasteiger charge is -2.31. The molecule has 3 rings (SSSR count). The first-order chi connectivity index (χ1) is 11.9. The third-order valence-electron chi connectivity index (χ3n) is 4.50. The maximum absolute atomic E-state index is 12.9. The van der Waals surface area contributed by atoms with E-state index >= 15 is 0 Å². The highest BCUT2D eigenvalue weighted by Crippen LogP contribution is 2.37. The smallest absolute Gasteiger partial charge is 0.348 e. The van der Waals surface area contributed by atoms with Gasteiger partial charge >= 0.3 is 6.18 Å². The molecule has 0 radical (unpaired) electrons. The number of benzene rings is 1. The molecule has 1 fully saturated rings. The van der Waals surface area contributed by atoms with Crippen LogP contribution < -0.4 is 5.32 Å². The Hall–Kier alpha value is -2.09. The number of aromatic nitrogens is 2. The second-order valence-electron chi connectivity index (χ2n) is 6.23. The van der Waals surface area contributed by atoms with Crippen molar-refractivity contribution in [2.75, 3.05) is 0 Å². The molecule has 1 amide bonds. The molecule has 0 saturated heterocycles. The van der Waals surface area contributed by atoms with Crippen LogP contribution >= 0.6 is 12.2 Å². The van der Waals surface area contributed by atoms with Crippen molar-refractivity contribution >= 4 is 18.1 Å². The van der Waals surface area contributed by atoms with Gasteiger partial charge in [-0.05, 0) is 43.6 Å². The van der Waals surface area contributed by atoms with Crippen molar-refractivity contribution in [3.63, 3.8) is 0 Å². The lowest BCUT2D eigenvalue weighted by molar-refractivity contribution is -0.183. The third-order valence-corrected chi connectivity index (χ3v) is 4.80. The molecule has 134 valence electrons. The summed E-state index contributed by atoms with van der Waals surface area (Å²) >= 11 is 5.22. The van der Waals surface area contributed by atoms with Crippen LogP contribution in [0.2, 0.25) is 0 Å². The van der Waals surface area contributed by atoms with E-state index in [9.17, 15) is 18.0 Å². The van der Waals surface area contributed by atoms with Crippen LogP contribution in [0.1, 0.15) is 36.2 Å². The summed E-state index contributed by atoms with van der Waals surface area (Å²) < 4.78 is 40.7. The summed E-state index contributed by atoms with van der Waals surface area (Å²) in [5, 5.41) is 2.73. The number of imidazole rings is 1. The van der Waals surface area contributed by atoms with Crippen molar-refractivity contribution in [1.82, 2.24) is 14.9 Å². The number of nitrogens with one attached hydrogen (secondary N) is 2. The van der Waals surface area contributed by atoms with Gasteiger partial charge in [-0.25, -0.2) is 0 Å². The van der Waals surface area contributed by atoms with Crippen molar-refractivity contribution in [3.05, 3.63) is 47.0 Å². The second kappa shape index (κ2) is 7.03. The summed E-state index contributed by atoms with van der Waals surface area (Å²) in [4.78, 5) is 15.4. The fourth-order valence-electron chi connectivity index (χ4n) is 3.25. The fraction of sp³-hybridized carbons (Fsp3) is 0.412. The van der Waals surface area contributed by atoms with Gasteiger partial charge in [-0.3, -0.25) is 9.36 Å². The van der Waals surface area contributed by atoms with Crippen molar-refractivity contribution in [1.29, 1.82) is 0 Å². The van der Waals surface area contributed by atoms with E-state index < -0.39 is 24.0 Å². The van der Waals surface area contributed by atoms with E-state index in [-0.39, 0.29) is 18.5 Å². The second-order valence-corrected chi connectivity index (χ2v) is 6.61. The molecule has 2 atom stereocenters. The van der Waals surface area contributed by atoms with Crippen molar-refractivity contribution in [2.45, 2.75) is 37.9 Å². The Morgan fingerprint density at radius 2 is 1.96 bits per heavy atom. The number of halogens is 3. The van der Waals surface area contributed by atoms with Gasteiger partial charge in [-0.15, -0.1) is 0 Å². The lowest BCUT2D eigenvalue weighted by Crippen LogP contribution is -2.42. The first-order valence-electron chi connectivity index (χ1n) is 8.09. The normalized spacial score (nSPS) is 21.1. The van der Waals surface area contributed by atoms with E-state index in [4.69, 9.17) is 12.2 Å². The quantitative estimate of drug-likeness (QED) is 0.789. The SMILES string of the molecule is O=C(N[C@@H]1CCC[C@H](C(F)(F)F)C1)c1c[nH]c(=S)n1-c1ccccc1. The molecule has 1 aliphatic rings. The van der Waals surface area contributed by atoms with E-state index in [0.717, 1.165) is 5.69 Å². The van der Waals surface area contributed by atoms with Crippen molar-refractivity contribution in [2.24, 2.45) is 5.92 Å². The highest BCUT2D eigenvalue weighted by molar-refractivity contribution is 7.71. The van der Waals surface area contributed by atoms with Crippen LogP contribution in [-0.4, -0.2) is 27.7 Å². The number of hydrogen-bond donors (Lipinski definition) is 2. The van der Waals surface area contributed by atoms with Crippen molar-refractivity contribution in [3.8, 4) is 5.69 Å². The summed E-state index contributed by atoms with van der Waals surface area (Å²) in [7, 11) is 0. The zero-order valence-corrected chi connectivity index (χ0v) is 14.2. The summed E-state index contributed by atoms with van der Waals surface area (Å²) in [6.07, 6.45) is -1.68. The minimum absolute atomic E-state index is 0.0776. The van der Waals surface area contributed by atoms with Gasteiger partial charge in [0.15, 0.2) is 4.77 Å². The number of nitrogens with zero attached hydrogens (tertiary/aromatic N) is 1. The van der Waals surface area contributed by atoms with Crippen LogP contribution in [0.3, 0.4) is 0 Å². The summed E-state index contributed by atoms with van der Waals surface area (Å²) in [5.41, 5.74) is 1.00. The number of amides is 1. The largest absolute Gasteiger partial charge is 0.391 e. The topological polar surface area (TPSA) is 49.8 Å². The molecular formula is C17H18F3N3OS. The van der Waals surface area contributed by atoms with Gasteiger partial charge in [0.2, 0.25) is 0 Å². The molecule has 8 heteroatoms. The van der Waals surface area contributed by atoms with Crippen LogP contribution in [0.4, 0.5) is 13.2 Å². The molecule has 1 aromatic heterocycles. The molecule has 1 aromatic carbocycles. The number of carbonyl (C=O) groups is 1. The Balaban J connectivity index is 1.78. The van der Waals surface area contributed by atoms with Crippen LogP contribution in [-0.2, 0) is 0 Å². The van der Waals surface area contributed by atoms with Gasteiger partial charge in [-0.2, -0.15) is 13.2 Å². The first kappa shape index (κ1) is 17.7. The monoisotopic (exact) mass is 369 g/mol. The maximum atomic E-state index is 12.9. The van der Waals surface area contributed by atoms with E-state index in [1.165, 1.54) is 6.20 Å². The molecule has 1 saturated carbocycles. The Labute approximate surface area is 148 Å². The molecule has 2 aromatic rings. The number of carbonyl (C=O) groups excluding carboxylic acids is 1. The van der Waals surface area contributed by atoms with E-state index in [2.05, 4.69) is 10.3 Å². The molecule has 2 N–H and O–H groups in total. The number of aromatic amines is 1. The van der Waals surface area contributed by atoms with E-state index in [1.54, 1.807) is 16.7 Å². The summed E-state index contributed by atoms with van der Waals surface area (Å²) in [5.74, 6) is -1.78. The highest BCUT2D eigenvalue weighted by Gasteiger charge is 2.42. The first-order valence-corrected chi connectivity index (χ1v) is 8.50. The number of alkyl halides is 3. The zero-order valence-electron chi connectivity index (χ0n) is 13.3. The Morgan fingerprint density at radius 3 is 2.64 bits per heavy atom. The minimum atomic E-state index is -4.21. The van der Waals surface area contributed by atoms with Gasteiger partial charge in [0.25, 0.3) is 5.91 Å². The summed E-state index contributed by atoms with van der Waals surface area (Å²) in [6.45, 7) is 0. The highest BCUT2D eigenvalue weighted by atomic mass is 32.1. The molecule has 0 unspecified atom stereocenters. The maximum Gasteiger partial charge on any atom is 0.391 e. The van der Waals surface area contributed by atoms with E-state index in [0.29, 0.717) is 17.6 Å². The molecule has 25 heavy (non-hydrogen) atoms. The van der Waals surface area contributed by atoms with Gasteiger partial charge in [0.1, 0.15) is 5.69 Å².